The smallest absolute Gasteiger partial charge is 0.255 e. The lowest BCUT2D eigenvalue weighted by molar-refractivity contribution is 0.0605. The van der Waals surface area contributed by atoms with E-state index in [0.717, 1.165) is 16.4 Å². The molecule has 1 aliphatic rings. The number of piperazine rings is 1. The lowest BCUT2D eigenvalue weighted by Gasteiger charge is -2.38. The van der Waals surface area contributed by atoms with E-state index in [1.54, 1.807) is 6.07 Å². The second-order valence-electron chi connectivity index (χ2n) is 5.72. The molecule has 1 aromatic heterocycles. The van der Waals surface area contributed by atoms with Gasteiger partial charge in [-0.05, 0) is 32.0 Å². The molecule has 23 heavy (non-hydrogen) atoms. The van der Waals surface area contributed by atoms with Gasteiger partial charge < -0.3 is 15.2 Å². The number of halogens is 2. The van der Waals surface area contributed by atoms with Crippen molar-refractivity contribution in [3.8, 4) is 0 Å². The highest BCUT2D eigenvalue weighted by Crippen LogP contribution is 2.23. The first-order chi connectivity index (χ1) is 10.5. The highest BCUT2D eigenvalue weighted by molar-refractivity contribution is 9.10. The molecule has 0 spiro atoms. The Morgan fingerprint density at radius 1 is 1.30 bits per heavy atom. The van der Waals surface area contributed by atoms with Gasteiger partial charge in [0.1, 0.15) is 0 Å². The predicted molar refractivity (Wildman–Crippen MR) is 97.5 cm³/mol. The van der Waals surface area contributed by atoms with Gasteiger partial charge >= 0.3 is 0 Å². The monoisotopic (exact) mass is 399 g/mol. The number of carbonyl (C=O) groups excluding carboxylic acids is 1. The van der Waals surface area contributed by atoms with E-state index < -0.39 is 0 Å². The van der Waals surface area contributed by atoms with Gasteiger partial charge in [0.15, 0.2) is 0 Å². The van der Waals surface area contributed by atoms with Gasteiger partial charge in [0.25, 0.3) is 5.91 Å². The molecule has 7 heteroatoms. The third kappa shape index (κ3) is 3.44. The molecule has 124 valence electrons. The molecule has 2 aromatic rings. The van der Waals surface area contributed by atoms with Crippen molar-refractivity contribution in [3.05, 3.63) is 44.7 Å². The molecule has 5 nitrogen and oxygen atoms in total. The summed E-state index contributed by atoms with van der Waals surface area (Å²) in [5, 5.41) is 4.12. The summed E-state index contributed by atoms with van der Waals surface area (Å²) >= 11 is 3.42. The average molecular weight is 401 g/mol. The van der Waals surface area contributed by atoms with Crippen LogP contribution >= 0.6 is 28.3 Å². The van der Waals surface area contributed by atoms with Gasteiger partial charge in [0, 0.05) is 46.6 Å². The molecule has 0 aliphatic carbocycles. The van der Waals surface area contributed by atoms with Gasteiger partial charge in [0.05, 0.1) is 5.56 Å². The Bertz CT molecular complexity index is 792. The molecule has 2 atom stereocenters. The minimum atomic E-state index is -0.256. The molecule has 1 saturated heterocycles. The number of fused-ring (bicyclic) bond motifs is 1. The first-order valence-electron chi connectivity index (χ1n) is 7.34. The standard InChI is InChI=1S/C16H18BrN3O2.ClH/c1-9-10(2)20(6-5-18-9)16(22)13-8-15(21)19-14-4-3-11(17)7-12(13)14;/h3-4,7-10,18H,5-6H2,1-2H3,(H,19,21);1H. The number of rotatable bonds is 1. The van der Waals surface area contributed by atoms with Crippen LogP contribution in [0.25, 0.3) is 10.9 Å². The minimum absolute atomic E-state index is 0. The van der Waals surface area contributed by atoms with E-state index >= 15 is 0 Å². The summed E-state index contributed by atoms with van der Waals surface area (Å²) in [7, 11) is 0. The number of nitrogens with zero attached hydrogens (tertiary/aromatic N) is 1. The number of hydrogen-bond donors (Lipinski definition) is 2. The maximum Gasteiger partial charge on any atom is 0.255 e. The van der Waals surface area contributed by atoms with Crippen molar-refractivity contribution >= 4 is 45.1 Å². The zero-order valence-electron chi connectivity index (χ0n) is 12.9. The van der Waals surface area contributed by atoms with E-state index in [-0.39, 0.29) is 36.0 Å². The molecular formula is C16H19BrClN3O2. The Hall–Kier alpha value is -1.37. The summed E-state index contributed by atoms with van der Waals surface area (Å²) in [6, 6.07) is 7.25. The molecule has 2 N–H and O–H groups in total. The molecule has 0 radical (unpaired) electrons. The summed E-state index contributed by atoms with van der Waals surface area (Å²) < 4.78 is 0.878. The highest BCUT2D eigenvalue weighted by Gasteiger charge is 2.29. The molecule has 2 unspecified atom stereocenters. The zero-order chi connectivity index (χ0) is 15.9. The summed E-state index contributed by atoms with van der Waals surface area (Å²) in [5.74, 6) is -0.0879. The van der Waals surface area contributed by atoms with Crippen molar-refractivity contribution in [3.63, 3.8) is 0 Å². The van der Waals surface area contributed by atoms with Crippen LogP contribution in [0.5, 0.6) is 0 Å². The molecule has 3 rings (SSSR count). The van der Waals surface area contributed by atoms with Crippen molar-refractivity contribution < 1.29 is 4.79 Å². The predicted octanol–water partition coefficient (Wildman–Crippen LogP) is 2.53. The number of benzene rings is 1. The van der Waals surface area contributed by atoms with Crippen LogP contribution in [0.1, 0.15) is 24.2 Å². The Morgan fingerprint density at radius 3 is 2.78 bits per heavy atom. The Kier molecular flexibility index (Phi) is 5.49. The number of aromatic nitrogens is 1. The zero-order valence-corrected chi connectivity index (χ0v) is 15.3. The normalized spacial score (nSPS) is 21.1. The minimum Gasteiger partial charge on any atom is -0.333 e. The van der Waals surface area contributed by atoms with Crippen LogP contribution in [0.3, 0.4) is 0 Å². The second kappa shape index (κ2) is 7.03. The Morgan fingerprint density at radius 2 is 2.04 bits per heavy atom. The summed E-state index contributed by atoms with van der Waals surface area (Å²) in [4.78, 5) is 29.5. The number of aromatic amines is 1. The van der Waals surface area contributed by atoms with Crippen LogP contribution in [0.2, 0.25) is 0 Å². The van der Waals surface area contributed by atoms with E-state index in [1.807, 2.05) is 24.0 Å². The van der Waals surface area contributed by atoms with Crippen molar-refractivity contribution in [2.45, 2.75) is 25.9 Å². The molecule has 0 saturated carbocycles. The van der Waals surface area contributed by atoms with Crippen LogP contribution in [0.4, 0.5) is 0 Å². The fraction of sp³-hybridized carbons (Fsp3) is 0.375. The molecule has 1 fully saturated rings. The van der Waals surface area contributed by atoms with Crippen LogP contribution < -0.4 is 10.9 Å². The first kappa shape index (κ1) is 18.0. The lowest BCUT2D eigenvalue weighted by atomic mass is 10.0. The van der Waals surface area contributed by atoms with Crippen molar-refractivity contribution in [2.24, 2.45) is 0 Å². The van der Waals surface area contributed by atoms with Crippen LogP contribution in [-0.2, 0) is 0 Å². The number of pyridine rings is 1. The van der Waals surface area contributed by atoms with Gasteiger partial charge in [-0.15, -0.1) is 12.4 Å². The number of H-pyrrole nitrogens is 1. The SMILES string of the molecule is CC1NCCN(C(=O)c2cc(=O)[nH]c3ccc(Br)cc23)C1C.Cl. The largest absolute Gasteiger partial charge is 0.333 e. The fourth-order valence-electron chi connectivity index (χ4n) is 2.90. The maximum atomic E-state index is 13.0. The average Bonchev–Trinajstić information content (AvgIpc) is 2.49. The van der Waals surface area contributed by atoms with Gasteiger partial charge in [-0.1, -0.05) is 15.9 Å². The van der Waals surface area contributed by atoms with Gasteiger partial charge in [-0.3, -0.25) is 9.59 Å². The number of nitrogens with one attached hydrogen (secondary N) is 2. The lowest BCUT2D eigenvalue weighted by Crippen LogP contribution is -2.57. The molecular weight excluding hydrogens is 382 g/mol. The summed E-state index contributed by atoms with van der Waals surface area (Å²) in [5.41, 5.74) is 0.880. The van der Waals surface area contributed by atoms with Crippen molar-refractivity contribution in [2.75, 3.05) is 13.1 Å². The van der Waals surface area contributed by atoms with Crippen LogP contribution in [0, 0.1) is 0 Å². The van der Waals surface area contributed by atoms with Crippen LogP contribution in [0.15, 0.2) is 33.5 Å². The number of carbonyl (C=O) groups is 1. The molecule has 1 aliphatic heterocycles. The Labute approximate surface area is 149 Å². The third-order valence-electron chi connectivity index (χ3n) is 4.33. The third-order valence-corrected chi connectivity index (χ3v) is 4.82. The first-order valence-corrected chi connectivity index (χ1v) is 8.13. The summed E-state index contributed by atoms with van der Waals surface area (Å²) in [6.45, 7) is 5.51. The quantitative estimate of drug-likeness (QED) is 0.773. The fourth-order valence-corrected chi connectivity index (χ4v) is 3.26. The van der Waals surface area contributed by atoms with Gasteiger partial charge in [-0.2, -0.15) is 0 Å². The second-order valence-corrected chi connectivity index (χ2v) is 6.63. The molecule has 1 aromatic carbocycles. The van der Waals surface area contributed by atoms with E-state index in [0.29, 0.717) is 17.6 Å². The maximum absolute atomic E-state index is 13.0. The Balaban J connectivity index is 0.00000192. The van der Waals surface area contributed by atoms with Crippen molar-refractivity contribution in [1.29, 1.82) is 0 Å². The molecule has 2 heterocycles. The number of hydrogen-bond acceptors (Lipinski definition) is 3. The molecule has 0 bridgehead atoms. The topological polar surface area (TPSA) is 65.2 Å². The number of amides is 1. The molecule has 1 amide bonds. The van der Waals surface area contributed by atoms with E-state index in [2.05, 4.69) is 33.2 Å². The van der Waals surface area contributed by atoms with Crippen molar-refractivity contribution in [1.82, 2.24) is 15.2 Å². The van der Waals surface area contributed by atoms with Gasteiger partial charge in [-0.25, -0.2) is 0 Å². The highest BCUT2D eigenvalue weighted by atomic mass is 79.9. The van der Waals surface area contributed by atoms with E-state index in [4.69, 9.17) is 0 Å². The van der Waals surface area contributed by atoms with Crippen LogP contribution in [-0.4, -0.2) is 41.0 Å². The van der Waals surface area contributed by atoms with E-state index in [9.17, 15) is 9.59 Å². The van der Waals surface area contributed by atoms with E-state index in [1.165, 1.54) is 6.07 Å². The summed E-state index contributed by atoms with van der Waals surface area (Å²) in [6.07, 6.45) is 0. The van der Waals surface area contributed by atoms with Gasteiger partial charge in [0.2, 0.25) is 5.56 Å².